The molecule has 0 amide bonds. The van der Waals surface area contributed by atoms with Crippen LogP contribution in [0.2, 0.25) is 0 Å². The predicted molar refractivity (Wildman–Crippen MR) is 111 cm³/mol. The van der Waals surface area contributed by atoms with E-state index in [1.54, 1.807) is 0 Å². The van der Waals surface area contributed by atoms with Gasteiger partial charge >= 0.3 is 0 Å². The first-order valence-electron chi connectivity index (χ1n) is 9.43. The number of benzene rings is 2. The van der Waals surface area contributed by atoms with Crippen LogP contribution in [0, 0.1) is 0 Å². The van der Waals surface area contributed by atoms with Gasteiger partial charge in [-0.15, -0.1) is 0 Å². The highest BCUT2D eigenvalue weighted by Crippen LogP contribution is 2.09. The third-order valence-electron chi connectivity index (χ3n) is 4.29. The van der Waals surface area contributed by atoms with Gasteiger partial charge in [0, 0.05) is 35.9 Å². The first-order valence-corrected chi connectivity index (χ1v) is 9.43. The van der Waals surface area contributed by atoms with Crippen LogP contribution in [0.15, 0.2) is 78.9 Å². The Balaban J connectivity index is 1.36. The molecule has 0 bridgehead atoms. The lowest BCUT2D eigenvalue weighted by atomic mass is 10.1. The van der Waals surface area contributed by atoms with Crippen molar-refractivity contribution in [2.45, 2.75) is 25.7 Å². The zero-order valence-electron chi connectivity index (χ0n) is 15.2. The molecule has 0 spiro atoms. The van der Waals surface area contributed by atoms with Crippen molar-refractivity contribution in [3.8, 4) is 0 Å². The molecule has 0 radical (unpaired) electrons. The molecule has 0 fully saturated rings. The molecule has 0 aliphatic carbocycles. The first kappa shape index (κ1) is 18.0. The Morgan fingerprint density at radius 3 is 1.46 bits per heavy atom. The molecular formula is C23H27N3. The van der Waals surface area contributed by atoms with E-state index in [1.807, 2.05) is 12.1 Å². The van der Waals surface area contributed by atoms with Crippen molar-refractivity contribution in [2.24, 2.45) is 0 Å². The van der Waals surface area contributed by atoms with Crippen LogP contribution in [-0.2, 0) is 12.8 Å². The molecule has 2 aromatic carbocycles. The molecule has 0 aliphatic heterocycles. The number of hydrogen-bond acceptors (Lipinski definition) is 3. The Morgan fingerprint density at radius 2 is 1.00 bits per heavy atom. The first-order chi connectivity index (χ1) is 12.9. The average molecular weight is 345 g/mol. The molecule has 3 rings (SSSR count). The number of anilines is 2. The molecule has 134 valence electrons. The smallest absolute Gasteiger partial charge is 0.0407 e. The Labute approximate surface area is 156 Å². The van der Waals surface area contributed by atoms with Crippen LogP contribution >= 0.6 is 0 Å². The van der Waals surface area contributed by atoms with Crippen molar-refractivity contribution in [1.29, 1.82) is 0 Å². The number of aryl methyl sites for hydroxylation is 2. The van der Waals surface area contributed by atoms with Crippen molar-refractivity contribution in [2.75, 3.05) is 23.7 Å². The summed E-state index contributed by atoms with van der Waals surface area (Å²) in [4.78, 5) is 4.81. The van der Waals surface area contributed by atoms with Gasteiger partial charge in [-0.25, -0.2) is 0 Å². The van der Waals surface area contributed by atoms with E-state index in [9.17, 15) is 0 Å². The number of para-hydroxylation sites is 2. The van der Waals surface area contributed by atoms with Gasteiger partial charge < -0.3 is 10.6 Å². The van der Waals surface area contributed by atoms with E-state index in [-0.39, 0.29) is 0 Å². The zero-order valence-corrected chi connectivity index (χ0v) is 15.2. The van der Waals surface area contributed by atoms with Gasteiger partial charge in [0.2, 0.25) is 0 Å². The monoisotopic (exact) mass is 345 g/mol. The number of hydrogen-bond donors (Lipinski definition) is 2. The second-order valence-electron chi connectivity index (χ2n) is 6.41. The van der Waals surface area contributed by atoms with Gasteiger partial charge in [0.25, 0.3) is 0 Å². The Kier molecular flexibility index (Phi) is 7.09. The van der Waals surface area contributed by atoms with Gasteiger partial charge in [-0.1, -0.05) is 42.5 Å². The molecule has 2 N–H and O–H groups in total. The SMILES string of the molecule is c1ccc(NCCCc2cccc(CCCNc3ccccc3)n2)cc1. The van der Waals surface area contributed by atoms with Gasteiger partial charge in [-0.3, -0.25) is 4.98 Å². The minimum Gasteiger partial charge on any atom is -0.385 e. The largest absolute Gasteiger partial charge is 0.385 e. The summed E-state index contributed by atoms with van der Waals surface area (Å²) >= 11 is 0. The Morgan fingerprint density at radius 1 is 0.538 bits per heavy atom. The summed E-state index contributed by atoms with van der Waals surface area (Å²) < 4.78 is 0. The van der Waals surface area contributed by atoms with Crippen LogP contribution < -0.4 is 10.6 Å². The maximum absolute atomic E-state index is 4.81. The molecule has 0 atom stereocenters. The van der Waals surface area contributed by atoms with Crippen molar-refractivity contribution in [3.05, 3.63) is 90.3 Å². The van der Waals surface area contributed by atoms with Crippen molar-refractivity contribution >= 4 is 11.4 Å². The lowest BCUT2D eigenvalue weighted by Gasteiger charge is -2.08. The van der Waals surface area contributed by atoms with E-state index in [0.717, 1.165) is 38.8 Å². The van der Waals surface area contributed by atoms with Crippen molar-refractivity contribution in [3.63, 3.8) is 0 Å². The lowest BCUT2D eigenvalue weighted by Crippen LogP contribution is -2.05. The second-order valence-corrected chi connectivity index (χ2v) is 6.41. The zero-order chi connectivity index (χ0) is 17.9. The fourth-order valence-electron chi connectivity index (χ4n) is 2.92. The number of aromatic nitrogens is 1. The topological polar surface area (TPSA) is 37.0 Å². The molecule has 0 saturated heterocycles. The summed E-state index contributed by atoms with van der Waals surface area (Å²) in [6, 6.07) is 27.1. The van der Waals surface area contributed by atoms with E-state index < -0.39 is 0 Å². The average Bonchev–Trinajstić information content (AvgIpc) is 2.71. The molecule has 3 nitrogen and oxygen atoms in total. The fraction of sp³-hybridized carbons (Fsp3) is 0.261. The van der Waals surface area contributed by atoms with E-state index in [0.29, 0.717) is 0 Å². The molecule has 0 saturated carbocycles. The van der Waals surface area contributed by atoms with Gasteiger partial charge in [0.1, 0.15) is 0 Å². The highest BCUT2D eigenvalue weighted by Gasteiger charge is 1.99. The summed E-state index contributed by atoms with van der Waals surface area (Å²) in [7, 11) is 0. The number of rotatable bonds is 10. The minimum atomic E-state index is 0.969. The fourth-order valence-corrected chi connectivity index (χ4v) is 2.92. The van der Waals surface area contributed by atoms with Gasteiger partial charge in [-0.05, 0) is 62.1 Å². The second kappa shape index (κ2) is 10.2. The maximum atomic E-state index is 4.81. The van der Waals surface area contributed by atoms with Gasteiger partial charge in [0.05, 0.1) is 0 Å². The van der Waals surface area contributed by atoms with Crippen molar-refractivity contribution in [1.82, 2.24) is 4.98 Å². The quantitative estimate of drug-likeness (QED) is 0.498. The maximum Gasteiger partial charge on any atom is 0.0407 e. The molecular weight excluding hydrogens is 318 g/mol. The molecule has 26 heavy (non-hydrogen) atoms. The van der Waals surface area contributed by atoms with E-state index in [1.165, 1.54) is 22.8 Å². The van der Waals surface area contributed by atoms with Gasteiger partial charge in [-0.2, -0.15) is 0 Å². The highest BCUT2D eigenvalue weighted by atomic mass is 14.9. The molecule has 3 aromatic rings. The summed E-state index contributed by atoms with van der Waals surface area (Å²) in [6.07, 6.45) is 4.19. The summed E-state index contributed by atoms with van der Waals surface area (Å²) in [5, 5.41) is 6.90. The van der Waals surface area contributed by atoms with Crippen molar-refractivity contribution < 1.29 is 0 Å². The number of nitrogens with one attached hydrogen (secondary N) is 2. The third-order valence-corrected chi connectivity index (χ3v) is 4.29. The highest BCUT2D eigenvalue weighted by molar-refractivity contribution is 5.42. The summed E-state index contributed by atoms with van der Waals surface area (Å²) in [5.74, 6) is 0. The van der Waals surface area contributed by atoms with Crippen LogP contribution in [0.25, 0.3) is 0 Å². The molecule has 3 heteroatoms. The van der Waals surface area contributed by atoms with Crippen LogP contribution in [0.4, 0.5) is 11.4 Å². The summed E-state index contributed by atoms with van der Waals surface area (Å²) in [6.45, 7) is 1.94. The molecule has 1 heterocycles. The van der Waals surface area contributed by atoms with Crippen LogP contribution in [0.3, 0.4) is 0 Å². The minimum absolute atomic E-state index is 0.969. The van der Waals surface area contributed by atoms with E-state index in [2.05, 4.69) is 77.4 Å². The number of pyridine rings is 1. The molecule has 0 unspecified atom stereocenters. The third kappa shape index (κ3) is 6.25. The number of nitrogens with zero attached hydrogens (tertiary/aromatic N) is 1. The lowest BCUT2D eigenvalue weighted by molar-refractivity contribution is 0.795. The molecule has 1 aromatic heterocycles. The van der Waals surface area contributed by atoms with E-state index >= 15 is 0 Å². The predicted octanol–water partition coefficient (Wildman–Crippen LogP) is 5.17. The van der Waals surface area contributed by atoms with Crippen LogP contribution in [0.5, 0.6) is 0 Å². The Hall–Kier alpha value is -2.81. The summed E-state index contributed by atoms with van der Waals surface area (Å²) in [5.41, 5.74) is 4.74. The van der Waals surface area contributed by atoms with Gasteiger partial charge in [0.15, 0.2) is 0 Å². The normalized spacial score (nSPS) is 10.5. The standard InChI is InChI=1S/C23H27N3/c1-3-10-20(11-4-1)24-18-8-16-22-14-7-15-23(26-22)17-9-19-25-21-12-5-2-6-13-21/h1-7,10-15,24-25H,8-9,16-19H2. The van der Waals surface area contributed by atoms with Crippen LogP contribution in [0.1, 0.15) is 24.2 Å². The van der Waals surface area contributed by atoms with Crippen LogP contribution in [-0.4, -0.2) is 18.1 Å². The molecule has 0 aliphatic rings. The van der Waals surface area contributed by atoms with E-state index in [4.69, 9.17) is 4.98 Å². The Bertz CT molecular complexity index is 694.